The maximum absolute atomic E-state index is 12.9. The van der Waals surface area contributed by atoms with E-state index in [2.05, 4.69) is 0 Å². The van der Waals surface area contributed by atoms with Crippen molar-refractivity contribution >= 4 is 23.3 Å². The molecule has 0 saturated carbocycles. The number of nitrogens with zero attached hydrogens (tertiary/aromatic N) is 1. The Labute approximate surface area is 149 Å². The normalized spacial score (nSPS) is 13.4. The van der Waals surface area contributed by atoms with Crippen LogP contribution >= 0.6 is 0 Å². The Bertz CT molecular complexity index is 834. The van der Waals surface area contributed by atoms with E-state index in [-0.39, 0.29) is 31.0 Å². The van der Waals surface area contributed by atoms with Crippen LogP contribution in [-0.4, -0.2) is 37.4 Å². The van der Waals surface area contributed by atoms with Crippen molar-refractivity contribution in [3.8, 4) is 5.75 Å². The van der Waals surface area contributed by atoms with E-state index in [9.17, 15) is 18.8 Å². The molecule has 3 rings (SSSR count). The summed E-state index contributed by atoms with van der Waals surface area (Å²) in [6.07, 6.45) is 0.135. The molecule has 0 spiro atoms. The largest absolute Gasteiger partial charge is 0.491 e. The predicted octanol–water partition coefficient (Wildman–Crippen LogP) is 2.37. The number of Topliss-reactive ketones (excluding diaryl/α,β-unsaturated/α-hetero) is 1. The Morgan fingerprint density at radius 2 is 1.85 bits per heavy atom. The van der Waals surface area contributed by atoms with Crippen LogP contribution in [-0.2, 0) is 14.3 Å². The molecule has 0 bridgehead atoms. The number of anilines is 1. The molecular weight excluding hydrogens is 341 g/mol. The molecule has 26 heavy (non-hydrogen) atoms. The van der Waals surface area contributed by atoms with E-state index in [4.69, 9.17) is 9.47 Å². The second kappa shape index (κ2) is 7.77. The molecule has 0 saturated heterocycles. The van der Waals surface area contributed by atoms with Crippen molar-refractivity contribution < 1.29 is 28.2 Å². The topological polar surface area (TPSA) is 72.9 Å². The summed E-state index contributed by atoms with van der Waals surface area (Å²) in [5.41, 5.74) is 0.723. The number of hydrogen-bond acceptors (Lipinski definition) is 5. The quantitative estimate of drug-likeness (QED) is 0.607. The fourth-order valence-corrected chi connectivity index (χ4v) is 2.53. The van der Waals surface area contributed by atoms with Gasteiger partial charge in [0.1, 0.15) is 18.1 Å². The lowest BCUT2D eigenvalue weighted by atomic mass is 10.1. The minimum Gasteiger partial charge on any atom is -0.491 e. The van der Waals surface area contributed by atoms with Gasteiger partial charge in [-0.25, -0.2) is 4.39 Å². The Morgan fingerprint density at radius 3 is 2.62 bits per heavy atom. The molecule has 0 aliphatic carbocycles. The number of carbonyl (C=O) groups excluding carboxylic acids is 3. The number of amides is 1. The molecule has 2 aromatic carbocycles. The van der Waals surface area contributed by atoms with E-state index in [0.717, 1.165) is 12.1 Å². The second-order valence-electron chi connectivity index (χ2n) is 5.64. The van der Waals surface area contributed by atoms with Crippen LogP contribution in [0.5, 0.6) is 5.75 Å². The van der Waals surface area contributed by atoms with E-state index in [1.54, 1.807) is 24.3 Å². The zero-order valence-electron chi connectivity index (χ0n) is 13.8. The Hall–Kier alpha value is -3.22. The summed E-state index contributed by atoms with van der Waals surface area (Å²) in [4.78, 5) is 37.6. The number of halogens is 1. The number of para-hydroxylation sites is 2. The average Bonchev–Trinajstić information content (AvgIpc) is 2.80. The van der Waals surface area contributed by atoms with Crippen molar-refractivity contribution in [1.82, 2.24) is 0 Å². The molecule has 2 aromatic rings. The van der Waals surface area contributed by atoms with Gasteiger partial charge in [-0.3, -0.25) is 19.3 Å². The summed E-state index contributed by atoms with van der Waals surface area (Å²) >= 11 is 0. The van der Waals surface area contributed by atoms with Gasteiger partial charge in [-0.05, 0) is 36.4 Å². The number of rotatable bonds is 5. The molecule has 0 unspecified atom stereocenters. The van der Waals surface area contributed by atoms with Gasteiger partial charge in [-0.2, -0.15) is 0 Å². The maximum atomic E-state index is 12.9. The maximum Gasteiger partial charge on any atom is 0.326 e. The molecular formula is C19H16FNO5. The molecule has 6 nitrogen and oxygen atoms in total. The summed E-state index contributed by atoms with van der Waals surface area (Å²) in [5, 5.41) is 0. The number of ether oxygens (including phenoxy) is 2. The SMILES string of the molecule is O=C(CN1C(=O)CCOc2ccccc21)OCC(=O)c1ccc(F)cc1. The molecule has 1 aliphatic rings. The van der Waals surface area contributed by atoms with Gasteiger partial charge in [0, 0.05) is 5.56 Å². The minimum absolute atomic E-state index is 0.135. The van der Waals surface area contributed by atoms with Crippen LogP contribution in [0.2, 0.25) is 0 Å². The number of esters is 1. The van der Waals surface area contributed by atoms with Gasteiger partial charge in [-0.15, -0.1) is 0 Å². The molecule has 7 heteroatoms. The number of benzene rings is 2. The second-order valence-corrected chi connectivity index (χ2v) is 5.64. The van der Waals surface area contributed by atoms with E-state index >= 15 is 0 Å². The molecule has 0 N–H and O–H groups in total. The van der Waals surface area contributed by atoms with E-state index in [1.807, 2.05) is 0 Å². The summed E-state index contributed by atoms with van der Waals surface area (Å²) < 4.78 is 23.3. The van der Waals surface area contributed by atoms with Gasteiger partial charge in [0.05, 0.1) is 18.7 Å². The van der Waals surface area contributed by atoms with Gasteiger partial charge in [-0.1, -0.05) is 12.1 Å². The molecule has 1 heterocycles. The van der Waals surface area contributed by atoms with Crippen molar-refractivity contribution in [2.24, 2.45) is 0 Å². The lowest BCUT2D eigenvalue weighted by Crippen LogP contribution is -2.36. The first-order valence-electron chi connectivity index (χ1n) is 8.01. The van der Waals surface area contributed by atoms with Crippen LogP contribution in [0.4, 0.5) is 10.1 Å². The van der Waals surface area contributed by atoms with Crippen molar-refractivity contribution in [1.29, 1.82) is 0 Å². The predicted molar refractivity (Wildman–Crippen MR) is 90.6 cm³/mol. The van der Waals surface area contributed by atoms with E-state index < -0.39 is 24.2 Å². The van der Waals surface area contributed by atoms with Crippen molar-refractivity contribution in [3.05, 3.63) is 59.9 Å². The lowest BCUT2D eigenvalue weighted by molar-refractivity contribution is -0.141. The summed E-state index contributed by atoms with van der Waals surface area (Å²) in [5.74, 6) is -1.39. The standard InChI is InChI=1S/C19H16FNO5/c20-14-7-5-13(6-8-14)16(22)12-26-19(24)11-21-15-3-1-2-4-17(15)25-10-9-18(21)23/h1-8H,9-12H2. The third-order valence-corrected chi connectivity index (χ3v) is 3.85. The summed E-state index contributed by atoms with van der Waals surface area (Å²) in [6.45, 7) is -0.578. The van der Waals surface area contributed by atoms with Gasteiger partial charge >= 0.3 is 5.97 Å². The molecule has 0 radical (unpaired) electrons. The third-order valence-electron chi connectivity index (χ3n) is 3.85. The third kappa shape index (κ3) is 4.05. The molecule has 0 atom stereocenters. The van der Waals surface area contributed by atoms with Crippen molar-refractivity contribution in [3.63, 3.8) is 0 Å². The van der Waals surface area contributed by atoms with Crippen LogP contribution in [0.1, 0.15) is 16.8 Å². The molecule has 134 valence electrons. The van der Waals surface area contributed by atoms with Crippen LogP contribution in [0.3, 0.4) is 0 Å². The molecule has 0 aromatic heterocycles. The Morgan fingerprint density at radius 1 is 1.12 bits per heavy atom. The molecule has 0 fully saturated rings. The smallest absolute Gasteiger partial charge is 0.326 e. The van der Waals surface area contributed by atoms with Crippen LogP contribution in [0.25, 0.3) is 0 Å². The van der Waals surface area contributed by atoms with Crippen molar-refractivity contribution in [2.75, 3.05) is 24.7 Å². The highest BCUT2D eigenvalue weighted by Crippen LogP contribution is 2.30. The van der Waals surface area contributed by atoms with Crippen LogP contribution in [0, 0.1) is 5.82 Å². The Kier molecular flexibility index (Phi) is 5.26. The average molecular weight is 357 g/mol. The van der Waals surface area contributed by atoms with Gasteiger partial charge in [0.25, 0.3) is 0 Å². The molecule has 1 aliphatic heterocycles. The fraction of sp³-hybridized carbons (Fsp3) is 0.211. The van der Waals surface area contributed by atoms with Crippen molar-refractivity contribution in [2.45, 2.75) is 6.42 Å². The minimum atomic E-state index is -0.717. The van der Waals surface area contributed by atoms with E-state index in [0.29, 0.717) is 11.4 Å². The van der Waals surface area contributed by atoms with Gasteiger partial charge in [0.2, 0.25) is 5.91 Å². The summed E-state index contributed by atoms with van der Waals surface area (Å²) in [6, 6.07) is 11.8. The number of ketones is 1. The van der Waals surface area contributed by atoms with E-state index in [1.165, 1.54) is 17.0 Å². The van der Waals surface area contributed by atoms with Crippen LogP contribution < -0.4 is 9.64 Å². The number of hydrogen-bond donors (Lipinski definition) is 0. The highest BCUT2D eigenvalue weighted by atomic mass is 19.1. The zero-order valence-corrected chi connectivity index (χ0v) is 13.8. The van der Waals surface area contributed by atoms with Gasteiger partial charge in [0.15, 0.2) is 12.4 Å². The lowest BCUT2D eigenvalue weighted by Gasteiger charge is -2.20. The van der Waals surface area contributed by atoms with Gasteiger partial charge < -0.3 is 9.47 Å². The number of carbonyl (C=O) groups is 3. The Balaban J connectivity index is 1.63. The molecule has 1 amide bonds. The first-order chi connectivity index (χ1) is 12.5. The first kappa shape index (κ1) is 17.6. The first-order valence-corrected chi connectivity index (χ1v) is 8.01. The summed E-state index contributed by atoms with van der Waals surface area (Å²) in [7, 11) is 0. The van der Waals surface area contributed by atoms with Crippen LogP contribution in [0.15, 0.2) is 48.5 Å². The fourth-order valence-electron chi connectivity index (χ4n) is 2.53. The highest BCUT2D eigenvalue weighted by Gasteiger charge is 2.25. The zero-order chi connectivity index (χ0) is 18.5. The highest BCUT2D eigenvalue weighted by molar-refractivity contribution is 6.01. The number of fused-ring (bicyclic) bond motifs is 1. The monoisotopic (exact) mass is 357 g/mol.